The number of nitriles is 1. The summed E-state index contributed by atoms with van der Waals surface area (Å²) in [6.45, 7) is 1.83. The van der Waals surface area contributed by atoms with E-state index < -0.39 is 11.9 Å². The number of rotatable bonds is 4. The normalized spacial score (nSPS) is 15.8. The maximum absolute atomic E-state index is 12.2. The number of hydrogen-bond donors (Lipinski definition) is 1. The van der Waals surface area contributed by atoms with Crippen LogP contribution in [0, 0.1) is 17.2 Å². The van der Waals surface area contributed by atoms with Crippen LogP contribution in [0.25, 0.3) is 0 Å². The zero-order valence-electron chi connectivity index (χ0n) is 13.9. The first-order valence-electron chi connectivity index (χ1n) is 8.14. The van der Waals surface area contributed by atoms with Crippen LogP contribution in [0.15, 0.2) is 30.3 Å². The molecule has 0 bridgehead atoms. The minimum Gasteiger partial charge on any atom is -0.451 e. The highest BCUT2D eigenvalue weighted by atomic mass is 32.1. The fourth-order valence-corrected chi connectivity index (χ4v) is 3.99. The van der Waals surface area contributed by atoms with Crippen molar-refractivity contribution in [3.63, 3.8) is 0 Å². The van der Waals surface area contributed by atoms with Gasteiger partial charge < -0.3 is 10.1 Å². The van der Waals surface area contributed by atoms with Crippen molar-refractivity contribution in [3.05, 3.63) is 51.2 Å². The molecular weight excluding hydrogens is 336 g/mol. The molecule has 128 valence electrons. The summed E-state index contributed by atoms with van der Waals surface area (Å²) in [7, 11) is 0. The SMILES string of the molecule is CC1CCc2sc(C(=O)OCC(=O)Nc3ccccc3C#N)cc2C1. The molecule has 1 atom stereocenters. The minimum absolute atomic E-state index is 0.363. The number of amides is 1. The van der Waals surface area contributed by atoms with Gasteiger partial charge in [-0.15, -0.1) is 11.3 Å². The van der Waals surface area contributed by atoms with Crippen LogP contribution in [0.4, 0.5) is 5.69 Å². The average Bonchev–Trinajstić information content (AvgIpc) is 3.03. The van der Waals surface area contributed by atoms with Crippen LogP contribution >= 0.6 is 11.3 Å². The van der Waals surface area contributed by atoms with Gasteiger partial charge in [0.05, 0.1) is 11.3 Å². The predicted molar refractivity (Wildman–Crippen MR) is 95.6 cm³/mol. The van der Waals surface area contributed by atoms with E-state index >= 15 is 0 Å². The van der Waals surface area contributed by atoms with Gasteiger partial charge in [-0.1, -0.05) is 19.1 Å². The summed E-state index contributed by atoms with van der Waals surface area (Å²) >= 11 is 1.46. The molecule has 2 aromatic rings. The topological polar surface area (TPSA) is 79.2 Å². The van der Waals surface area contributed by atoms with E-state index in [4.69, 9.17) is 10.00 Å². The Bertz CT molecular complexity index is 851. The molecule has 0 fully saturated rings. The first kappa shape index (κ1) is 17.2. The number of nitrogens with zero attached hydrogens (tertiary/aromatic N) is 1. The first-order valence-corrected chi connectivity index (χ1v) is 8.96. The molecule has 1 aromatic heterocycles. The Morgan fingerprint density at radius 2 is 2.20 bits per heavy atom. The summed E-state index contributed by atoms with van der Waals surface area (Å²) in [5.41, 5.74) is 2.00. The van der Waals surface area contributed by atoms with Crippen LogP contribution in [0.3, 0.4) is 0 Å². The van der Waals surface area contributed by atoms with E-state index in [1.165, 1.54) is 21.8 Å². The van der Waals surface area contributed by atoms with Crippen LogP contribution in [0.1, 0.15) is 39.0 Å². The lowest BCUT2D eigenvalue weighted by molar-refractivity contribution is -0.119. The number of ether oxygens (including phenoxy) is 1. The Hall–Kier alpha value is -2.65. The molecular formula is C19H18N2O3S. The molecule has 0 aliphatic heterocycles. The second-order valence-electron chi connectivity index (χ2n) is 6.19. The summed E-state index contributed by atoms with van der Waals surface area (Å²) in [4.78, 5) is 25.9. The van der Waals surface area contributed by atoms with E-state index in [1.54, 1.807) is 24.3 Å². The molecule has 1 amide bonds. The Morgan fingerprint density at radius 3 is 3.00 bits per heavy atom. The van der Waals surface area contributed by atoms with Crippen molar-refractivity contribution in [1.29, 1.82) is 5.26 Å². The van der Waals surface area contributed by atoms with Gasteiger partial charge in [-0.2, -0.15) is 5.26 Å². The Labute approximate surface area is 150 Å². The fourth-order valence-electron chi connectivity index (χ4n) is 2.88. The minimum atomic E-state index is -0.476. The molecule has 1 unspecified atom stereocenters. The summed E-state index contributed by atoms with van der Waals surface area (Å²) in [6.07, 6.45) is 3.13. The lowest BCUT2D eigenvalue weighted by Crippen LogP contribution is -2.21. The van der Waals surface area contributed by atoms with Crippen LogP contribution in [0.5, 0.6) is 0 Å². The van der Waals surface area contributed by atoms with Crippen LogP contribution in [-0.2, 0) is 22.4 Å². The van der Waals surface area contributed by atoms with E-state index in [9.17, 15) is 9.59 Å². The van der Waals surface area contributed by atoms with Crippen molar-refractivity contribution in [2.45, 2.75) is 26.2 Å². The molecule has 1 aliphatic rings. The molecule has 5 nitrogen and oxygen atoms in total. The number of aryl methyl sites for hydroxylation is 1. The van der Waals surface area contributed by atoms with E-state index in [-0.39, 0.29) is 6.61 Å². The van der Waals surface area contributed by atoms with Gasteiger partial charge in [0.2, 0.25) is 0 Å². The highest BCUT2D eigenvalue weighted by molar-refractivity contribution is 7.14. The molecule has 1 heterocycles. The van der Waals surface area contributed by atoms with E-state index in [2.05, 4.69) is 12.2 Å². The number of benzene rings is 1. The Kier molecular flexibility index (Phi) is 5.15. The van der Waals surface area contributed by atoms with Crippen LogP contribution in [-0.4, -0.2) is 18.5 Å². The number of para-hydroxylation sites is 1. The lowest BCUT2D eigenvalue weighted by atomic mass is 9.90. The highest BCUT2D eigenvalue weighted by Gasteiger charge is 2.21. The van der Waals surface area contributed by atoms with Gasteiger partial charge in [-0.05, 0) is 48.9 Å². The maximum atomic E-state index is 12.2. The standard InChI is InChI=1S/C19H18N2O3S/c1-12-6-7-16-14(8-12)9-17(25-16)19(23)24-11-18(22)21-15-5-3-2-4-13(15)10-20/h2-5,9,12H,6-8,11H2,1H3,(H,21,22). The fraction of sp³-hybridized carbons (Fsp3) is 0.316. The third-order valence-corrected chi connectivity index (χ3v) is 5.40. The van der Waals surface area contributed by atoms with E-state index in [1.807, 2.05) is 12.1 Å². The van der Waals surface area contributed by atoms with Crippen molar-refractivity contribution < 1.29 is 14.3 Å². The molecule has 25 heavy (non-hydrogen) atoms. The number of nitrogens with one attached hydrogen (secondary N) is 1. The number of anilines is 1. The molecule has 3 rings (SSSR count). The number of carbonyl (C=O) groups is 2. The lowest BCUT2D eigenvalue weighted by Gasteiger charge is -2.16. The van der Waals surface area contributed by atoms with Crippen LogP contribution < -0.4 is 5.32 Å². The van der Waals surface area contributed by atoms with Crippen molar-refractivity contribution in [1.82, 2.24) is 0 Å². The molecule has 0 saturated carbocycles. The van der Waals surface area contributed by atoms with Crippen LogP contribution in [0.2, 0.25) is 0 Å². The highest BCUT2D eigenvalue weighted by Crippen LogP contribution is 2.32. The third-order valence-electron chi connectivity index (χ3n) is 4.19. The van der Waals surface area contributed by atoms with Gasteiger partial charge in [0.15, 0.2) is 6.61 Å². The molecule has 0 spiro atoms. The summed E-state index contributed by atoms with van der Waals surface area (Å²) in [5, 5.41) is 11.6. The summed E-state index contributed by atoms with van der Waals surface area (Å²) in [6, 6.07) is 10.6. The maximum Gasteiger partial charge on any atom is 0.348 e. The zero-order valence-corrected chi connectivity index (χ0v) is 14.7. The smallest absolute Gasteiger partial charge is 0.348 e. The first-order chi connectivity index (χ1) is 12.1. The molecule has 1 aliphatic carbocycles. The number of thiophene rings is 1. The Morgan fingerprint density at radius 1 is 1.40 bits per heavy atom. The third kappa shape index (κ3) is 4.06. The number of hydrogen-bond acceptors (Lipinski definition) is 5. The largest absolute Gasteiger partial charge is 0.451 e. The summed E-state index contributed by atoms with van der Waals surface area (Å²) < 4.78 is 5.12. The second kappa shape index (κ2) is 7.49. The number of carbonyl (C=O) groups excluding carboxylic acids is 2. The quantitative estimate of drug-likeness (QED) is 0.852. The molecule has 0 saturated heterocycles. The van der Waals surface area contributed by atoms with Crippen molar-refractivity contribution in [2.75, 3.05) is 11.9 Å². The summed E-state index contributed by atoms with van der Waals surface area (Å²) in [5.74, 6) is -0.307. The van der Waals surface area contributed by atoms with E-state index in [0.717, 1.165) is 19.3 Å². The van der Waals surface area contributed by atoms with Crippen molar-refractivity contribution in [2.24, 2.45) is 5.92 Å². The van der Waals surface area contributed by atoms with Gasteiger partial charge in [0.1, 0.15) is 10.9 Å². The second-order valence-corrected chi connectivity index (χ2v) is 7.33. The van der Waals surface area contributed by atoms with Gasteiger partial charge in [-0.3, -0.25) is 4.79 Å². The van der Waals surface area contributed by atoms with Crippen molar-refractivity contribution >= 4 is 28.9 Å². The number of fused-ring (bicyclic) bond motifs is 1. The molecule has 1 aromatic carbocycles. The van der Waals surface area contributed by atoms with Gasteiger partial charge in [-0.25, -0.2) is 4.79 Å². The van der Waals surface area contributed by atoms with Gasteiger partial charge >= 0.3 is 5.97 Å². The number of esters is 1. The predicted octanol–water partition coefficient (Wildman–Crippen LogP) is 3.54. The zero-order chi connectivity index (χ0) is 17.8. The Balaban J connectivity index is 1.57. The molecule has 1 N–H and O–H groups in total. The van der Waals surface area contributed by atoms with Gasteiger partial charge in [0.25, 0.3) is 5.91 Å². The molecule has 0 radical (unpaired) electrons. The average molecular weight is 354 g/mol. The van der Waals surface area contributed by atoms with Crippen molar-refractivity contribution in [3.8, 4) is 6.07 Å². The molecule has 6 heteroatoms. The van der Waals surface area contributed by atoms with Gasteiger partial charge in [0, 0.05) is 4.88 Å². The monoisotopic (exact) mass is 354 g/mol. The van der Waals surface area contributed by atoms with E-state index in [0.29, 0.717) is 22.0 Å².